The molecule has 98 valence electrons. The van der Waals surface area contributed by atoms with Crippen LogP contribution in [0.5, 0.6) is 0 Å². The average molecular weight is 258 g/mol. The molecule has 0 aromatic carbocycles. The van der Waals surface area contributed by atoms with E-state index in [9.17, 15) is 4.79 Å². The second kappa shape index (κ2) is 4.78. The van der Waals surface area contributed by atoms with E-state index in [0.29, 0.717) is 13.0 Å². The molecule has 0 saturated carbocycles. The molecule has 0 aromatic rings. The number of carbonyl (C=O) groups is 1. The van der Waals surface area contributed by atoms with Gasteiger partial charge in [0.05, 0.1) is 6.10 Å². The first kappa shape index (κ1) is 14.2. The van der Waals surface area contributed by atoms with Crippen LogP contribution in [-0.2, 0) is 9.22 Å². The fourth-order valence-corrected chi connectivity index (χ4v) is 2.81. The lowest BCUT2D eigenvalue weighted by atomic mass is 10.1. The average Bonchev–Trinajstić information content (AvgIpc) is 2.19. The van der Waals surface area contributed by atoms with Crippen molar-refractivity contribution in [3.8, 4) is 0 Å². The summed E-state index contributed by atoms with van der Waals surface area (Å²) < 4.78 is 6.16. The molecule has 1 heterocycles. The van der Waals surface area contributed by atoms with Crippen molar-refractivity contribution < 1.29 is 14.4 Å². The molecular formula is C11H22N2O3Si. The number of amides is 1. The minimum absolute atomic E-state index is 0.0838. The van der Waals surface area contributed by atoms with Crippen LogP contribution in [0.2, 0.25) is 18.1 Å². The maximum atomic E-state index is 11.3. The van der Waals surface area contributed by atoms with Crippen LogP contribution in [0.15, 0.2) is 5.16 Å². The summed E-state index contributed by atoms with van der Waals surface area (Å²) in [7, 11) is -1.84. The van der Waals surface area contributed by atoms with Gasteiger partial charge in [-0.2, -0.15) is 0 Å². The van der Waals surface area contributed by atoms with E-state index in [-0.39, 0.29) is 22.8 Å². The minimum atomic E-state index is -1.84. The highest BCUT2D eigenvalue weighted by molar-refractivity contribution is 6.74. The Kier molecular flexibility index (Phi) is 3.98. The standard InChI is InChI=1S/C11H22N2O3Si/c1-11(2,3)17(4,5)16-8-6-9(13-15)10(14)12-7-8/h8,15H,6-7H2,1-5H3,(H,12,14)/b13-9+. The fourth-order valence-electron chi connectivity index (χ4n) is 1.45. The van der Waals surface area contributed by atoms with Gasteiger partial charge in [0.15, 0.2) is 8.32 Å². The van der Waals surface area contributed by atoms with Crippen molar-refractivity contribution in [1.82, 2.24) is 5.32 Å². The van der Waals surface area contributed by atoms with Crippen molar-refractivity contribution in [3.63, 3.8) is 0 Å². The van der Waals surface area contributed by atoms with Gasteiger partial charge in [0.1, 0.15) is 5.71 Å². The van der Waals surface area contributed by atoms with Crippen molar-refractivity contribution in [3.05, 3.63) is 0 Å². The van der Waals surface area contributed by atoms with Crippen LogP contribution >= 0.6 is 0 Å². The molecule has 1 aliphatic rings. The molecule has 1 saturated heterocycles. The second-order valence-electron chi connectivity index (χ2n) is 5.96. The SMILES string of the molecule is CC(C)(C)[Si](C)(C)OC1CNC(=O)/C(=N/O)C1. The third-order valence-electron chi connectivity index (χ3n) is 3.56. The van der Waals surface area contributed by atoms with Gasteiger partial charge in [-0.25, -0.2) is 0 Å². The zero-order chi connectivity index (χ0) is 13.3. The molecule has 0 aromatic heterocycles. The molecule has 0 bridgehead atoms. The van der Waals surface area contributed by atoms with E-state index in [2.05, 4.69) is 44.3 Å². The highest BCUT2D eigenvalue weighted by atomic mass is 28.4. The zero-order valence-electron chi connectivity index (χ0n) is 11.2. The van der Waals surface area contributed by atoms with Gasteiger partial charge in [-0.1, -0.05) is 25.9 Å². The highest BCUT2D eigenvalue weighted by Crippen LogP contribution is 2.37. The molecule has 1 amide bonds. The van der Waals surface area contributed by atoms with Gasteiger partial charge >= 0.3 is 0 Å². The van der Waals surface area contributed by atoms with Crippen LogP contribution < -0.4 is 5.32 Å². The van der Waals surface area contributed by atoms with E-state index >= 15 is 0 Å². The van der Waals surface area contributed by atoms with Crippen LogP contribution in [0.4, 0.5) is 0 Å². The molecule has 0 spiro atoms. The molecule has 1 atom stereocenters. The molecule has 0 aliphatic carbocycles. The van der Waals surface area contributed by atoms with Crippen molar-refractivity contribution in [2.45, 2.75) is 51.4 Å². The number of rotatable bonds is 2. The number of hydrogen-bond donors (Lipinski definition) is 2. The van der Waals surface area contributed by atoms with Crippen molar-refractivity contribution >= 4 is 19.9 Å². The summed E-state index contributed by atoms with van der Waals surface area (Å²) in [5.41, 5.74) is 0.153. The number of oxime groups is 1. The normalized spacial score (nSPS) is 24.9. The molecule has 1 fully saturated rings. The first-order valence-electron chi connectivity index (χ1n) is 5.84. The Morgan fingerprint density at radius 2 is 2.06 bits per heavy atom. The molecule has 5 nitrogen and oxygen atoms in total. The molecule has 17 heavy (non-hydrogen) atoms. The Morgan fingerprint density at radius 3 is 2.53 bits per heavy atom. The topological polar surface area (TPSA) is 70.9 Å². The van der Waals surface area contributed by atoms with E-state index in [4.69, 9.17) is 9.63 Å². The largest absolute Gasteiger partial charge is 0.412 e. The first-order chi connectivity index (χ1) is 7.67. The lowest BCUT2D eigenvalue weighted by molar-refractivity contribution is -0.116. The lowest BCUT2D eigenvalue weighted by Gasteiger charge is -2.40. The molecule has 1 unspecified atom stereocenters. The molecule has 1 rings (SSSR count). The van der Waals surface area contributed by atoms with E-state index in [1.165, 1.54) is 0 Å². The van der Waals surface area contributed by atoms with E-state index in [1.54, 1.807) is 0 Å². The number of piperidine rings is 1. The molecule has 1 aliphatic heterocycles. The third-order valence-corrected chi connectivity index (χ3v) is 8.10. The summed E-state index contributed by atoms with van der Waals surface area (Å²) in [5.74, 6) is -0.303. The van der Waals surface area contributed by atoms with Gasteiger partial charge in [-0.3, -0.25) is 4.79 Å². The Labute approximate surface area is 103 Å². The monoisotopic (exact) mass is 258 g/mol. The molecular weight excluding hydrogens is 236 g/mol. The summed E-state index contributed by atoms with van der Waals surface area (Å²) in [6.45, 7) is 11.3. The van der Waals surface area contributed by atoms with Crippen molar-refractivity contribution in [1.29, 1.82) is 0 Å². The van der Waals surface area contributed by atoms with Crippen LogP contribution in [0.25, 0.3) is 0 Å². The Hall–Kier alpha value is -0.883. The summed E-state index contributed by atoms with van der Waals surface area (Å²) in [5, 5.41) is 14.5. The van der Waals surface area contributed by atoms with Gasteiger partial charge in [-0.05, 0) is 18.1 Å². The van der Waals surface area contributed by atoms with Gasteiger partial charge in [-0.15, -0.1) is 0 Å². The zero-order valence-corrected chi connectivity index (χ0v) is 12.2. The maximum Gasteiger partial charge on any atom is 0.269 e. The molecule has 6 heteroatoms. The smallest absolute Gasteiger partial charge is 0.269 e. The van der Waals surface area contributed by atoms with E-state index < -0.39 is 8.32 Å². The predicted molar refractivity (Wildman–Crippen MR) is 68.9 cm³/mol. The van der Waals surface area contributed by atoms with Crippen molar-refractivity contribution in [2.24, 2.45) is 5.16 Å². The van der Waals surface area contributed by atoms with Gasteiger partial charge in [0.25, 0.3) is 5.91 Å². The fraction of sp³-hybridized carbons (Fsp3) is 0.818. The van der Waals surface area contributed by atoms with Gasteiger partial charge < -0.3 is 15.0 Å². The van der Waals surface area contributed by atoms with Crippen LogP contribution in [-0.4, -0.2) is 37.8 Å². The highest BCUT2D eigenvalue weighted by Gasteiger charge is 2.40. The molecule has 2 N–H and O–H groups in total. The Bertz CT molecular complexity index is 334. The van der Waals surface area contributed by atoms with E-state index in [1.807, 2.05) is 0 Å². The Morgan fingerprint density at radius 1 is 1.47 bits per heavy atom. The summed E-state index contributed by atoms with van der Waals surface area (Å²) >= 11 is 0. The first-order valence-corrected chi connectivity index (χ1v) is 8.75. The van der Waals surface area contributed by atoms with Gasteiger partial charge in [0, 0.05) is 13.0 Å². The summed E-state index contributed by atoms with van der Waals surface area (Å²) in [6.07, 6.45) is 0.300. The molecule has 0 radical (unpaired) electrons. The number of nitrogens with one attached hydrogen (secondary N) is 1. The maximum absolute atomic E-state index is 11.3. The lowest BCUT2D eigenvalue weighted by Crippen LogP contribution is -2.52. The summed E-state index contributed by atoms with van der Waals surface area (Å²) in [6, 6.07) is 0. The second-order valence-corrected chi connectivity index (χ2v) is 10.7. The minimum Gasteiger partial charge on any atom is -0.412 e. The number of carbonyl (C=O) groups excluding carboxylic acids is 1. The van der Waals surface area contributed by atoms with Crippen LogP contribution in [0, 0.1) is 0 Å². The number of hydrogen-bond acceptors (Lipinski definition) is 4. The van der Waals surface area contributed by atoms with Crippen molar-refractivity contribution in [2.75, 3.05) is 6.54 Å². The number of nitrogens with zero attached hydrogens (tertiary/aromatic N) is 1. The van der Waals surface area contributed by atoms with E-state index in [0.717, 1.165) is 0 Å². The van der Waals surface area contributed by atoms with Crippen LogP contribution in [0.3, 0.4) is 0 Å². The summed E-state index contributed by atoms with van der Waals surface area (Å²) in [4.78, 5) is 11.3. The predicted octanol–water partition coefficient (Wildman–Crippen LogP) is 1.73. The third kappa shape index (κ3) is 3.29. The van der Waals surface area contributed by atoms with Gasteiger partial charge in [0.2, 0.25) is 0 Å². The quantitative estimate of drug-likeness (QED) is 0.450. The van der Waals surface area contributed by atoms with Crippen LogP contribution in [0.1, 0.15) is 27.2 Å². The Balaban J connectivity index is 2.68.